The SMILES string of the molecule is CC(C)n1c(C=C[C@H](O)C[C@H](O)CC(=O)O)c(-c2ccccc2F)c2ccccc21. The van der Waals surface area contributed by atoms with E-state index >= 15 is 0 Å². The van der Waals surface area contributed by atoms with Crippen LogP contribution in [0.2, 0.25) is 0 Å². The van der Waals surface area contributed by atoms with Crippen LogP contribution < -0.4 is 0 Å². The topological polar surface area (TPSA) is 82.7 Å². The Kier molecular flexibility index (Phi) is 6.70. The molecule has 6 heteroatoms. The summed E-state index contributed by atoms with van der Waals surface area (Å²) < 4.78 is 16.8. The van der Waals surface area contributed by atoms with E-state index in [2.05, 4.69) is 4.57 Å². The molecule has 0 aliphatic rings. The molecular weight excluding hydrogens is 385 g/mol. The molecular formula is C24H26FNO4. The molecule has 0 aliphatic heterocycles. The van der Waals surface area contributed by atoms with Gasteiger partial charge in [0.05, 0.1) is 18.6 Å². The summed E-state index contributed by atoms with van der Waals surface area (Å²) in [4.78, 5) is 10.7. The molecule has 3 aromatic rings. The molecule has 0 amide bonds. The number of rotatable bonds is 8. The van der Waals surface area contributed by atoms with Gasteiger partial charge in [-0.25, -0.2) is 4.39 Å². The van der Waals surface area contributed by atoms with E-state index in [0.717, 1.165) is 22.2 Å². The number of fused-ring (bicyclic) bond motifs is 1. The maximum Gasteiger partial charge on any atom is 0.305 e. The summed E-state index contributed by atoms with van der Waals surface area (Å²) in [5.41, 5.74) is 2.88. The number of aliphatic hydroxyl groups is 2. The molecule has 0 unspecified atom stereocenters. The Balaban J connectivity index is 2.11. The van der Waals surface area contributed by atoms with Gasteiger partial charge in [-0.2, -0.15) is 0 Å². The van der Waals surface area contributed by atoms with Crippen LogP contribution in [0, 0.1) is 5.82 Å². The highest BCUT2D eigenvalue weighted by molar-refractivity contribution is 6.01. The monoisotopic (exact) mass is 411 g/mol. The summed E-state index contributed by atoms with van der Waals surface area (Å²) in [6.07, 6.45) is 0.524. The number of aromatic nitrogens is 1. The van der Waals surface area contributed by atoms with Gasteiger partial charge >= 0.3 is 5.97 Å². The second-order valence-electron chi connectivity index (χ2n) is 7.63. The molecule has 1 aromatic heterocycles. The van der Waals surface area contributed by atoms with Crippen molar-refractivity contribution in [3.05, 3.63) is 66.1 Å². The van der Waals surface area contributed by atoms with E-state index in [1.165, 1.54) is 12.1 Å². The first-order valence-corrected chi connectivity index (χ1v) is 9.93. The number of para-hydroxylation sites is 1. The van der Waals surface area contributed by atoms with Crippen molar-refractivity contribution in [2.75, 3.05) is 0 Å². The number of aliphatic hydroxyl groups excluding tert-OH is 2. The largest absolute Gasteiger partial charge is 0.481 e. The maximum absolute atomic E-state index is 14.7. The van der Waals surface area contributed by atoms with Crippen molar-refractivity contribution in [2.45, 2.75) is 44.9 Å². The van der Waals surface area contributed by atoms with Gasteiger partial charge in [-0.15, -0.1) is 0 Å². The Bertz CT molecular complexity index is 1070. The first-order chi connectivity index (χ1) is 14.3. The van der Waals surface area contributed by atoms with Crippen LogP contribution in [0.3, 0.4) is 0 Å². The minimum absolute atomic E-state index is 0.0739. The Hall–Kier alpha value is -2.96. The smallest absolute Gasteiger partial charge is 0.305 e. The van der Waals surface area contributed by atoms with Crippen molar-refractivity contribution >= 4 is 22.9 Å². The molecule has 5 nitrogen and oxygen atoms in total. The summed E-state index contributed by atoms with van der Waals surface area (Å²) in [6, 6.07) is 14.4. The average Bonchev–Trinajstić information content (AvgIpc) is 3.00. The van der Waals surface area contributed by atoms with E-state index in [1.807, 2.05) is 38.1 Å². The van der Waals surface area contributed by atoms with Gasteiger partial charge in [-0.05, 0) is 32.1 Å². The summed E-state index contributed by atoms with van der Waals surface area (Å²) in [6.45, 7) is 4.06. The minimum Gasteiger partial charge on any atom is -0.481 e. The number of halogens is 1. The number of carboxylic acid groups (broad SMARTS) is 1. The third-order valence-electron chi connectivity index (χ3n) is 5.01. The second kappa shape index (κ2) is 9.24. The Labute approximate surface area is 174 Å². The van der Waals surface area contributed by atoms with Gasteiger partial charge in [0.15, 0.2) is 0 Å². The van der Waals surface area contributed by atoms with Crippen molar-refractivity contribution in [2.24, 2.45) is 0 Å². The number of nitrogens with zero attached hydrogens (tertiary/aromatic N) is 1. The third kappa shape index (κ3) is 4.61. The molecule has 0 saturated heterocycles. The normalized spacial score (nSPS) is 13.9. The van der Waals surface area contributed by atoms with Crippen LogP contribution in [-0.2, 0) is 4.79 Å². The minimum atomic E-state index is -1.15. The van der Waals surface area contributed by atoms with E-state index in [1.54, 1.807) is 24.3 Å². The Morgan fingerprint density at radius 1 is 1.10 bits per heavy atom. The number of carboxylic acids is 1. The highest BCUT2D eigenvalue weighted by Crippen LogP contribution is 2.38. The third-order valence-corrected chi connectivity index (χ3v) is 5.01. The molecule has 30 heavy (non-hydrogen) atoms. The highest BCUT2D eigenvalue weighted by Gasteiger charge is 2.21. The zero-order valence-corrected chi connectivity index (χ0v) is 17.0. The predicted octanol–water partition coefficient (Wildman–Crippen LogP) is 4.63. The molecule has 2 atom stereocenters. The van der Waals surface area contributed by atoms with Crippen LogP contribution in [0.15, 0.2) is 54.6 Å². The van der Waals surface area contributed by atoms with Crippen LogP contribution in [-0.4, -0.2) is 38.1 Å². The summed E-state index contributed by atoms with van der Waals surface area (Å²) in [5, 5.41) is 29.7. The van der Waals surface area contributed by atoms with Crippen LogP contribution in [0.25, 0.3) is 28.1 Å². The van der Waals surface area contributed by atoms with Crippen molar-refractivity contribution in [3.8, 4) is 11.1 Å². The Morgan fingerprint density at radius 2 is 1.77 bits per heavy atom. The van der Waals surface area contributed by atoms with Crippen LogP contribution >= 0.6 is 0 Å². The molecule has 0 bridgehead atoms. The van der Waals surface area contributed by atoms with Gasteiger partial charge in [0.1, 0.15) is 5.82 Å². The van der Waals surface area contributed by atoms with Crippen molar-refractivity contribution in [3.63, 3.8) is 0 Å². The van der Waals surface area contributed by atoms with Gasteiger partial charge in [0.2, 0.25) is 0 Å². The molecule has 3 rings (SSSR count). The van der Waals surface area contributed by atoms with Gasteiger partial charge in [0, 0.05) is 40.2 Å². The van der Waals surface area contributed by atoms with Gasteiger partial charge in [-0.1, -0.05) is 42.5 Å². The van der Waals surface area contributed by atoms with Gasteiger partial charge < -0.3 is 19.9 Å². The van der Waals surface area contributed by atoms with E-state index in [9.17, 15) is 19.4 Å². The molecule has 3 N–H and O–H groups in total. The maximum atomic E-state index is 14.7. The fourth-order valence-corrected chi connectivity index (χ4v) is 3.79. The van der Waals surface area contributed by atoms with E-state index in [0.29, 0.717) is 5.56 Å². The predicted molar refractivity (Wildman–Crippen MR) is 116 cm³/mol. The summed E-state index contributed by atoms with van der Waals surface area (Å²) in [5.74, 6) is -1.46. The van der Waals surface area contributed by atoms with Gasteiger partial charge in [-0.3, -0.25) is 4.79 Å². The van der Waals surface area contributed by atoms with Crippen molar-refractivity contribution in [1.29, 1.82) is 0 Å². The Morgan fingerprint density at radius 3 is 2.43 bits per heavy atom. The van der Waals surface area contributed by atoms with Crippen LogP contribution in [0.1, 0.15) is 38.4 Å². The lowest BCUT2D eigenvalue weighted by Crippen LogP contribution is -2.19. The quantitative estimate of drug-likeness (QED) is 0.505. The number of hydrogen-bond acceptors (Lipinski definition) is 3. The first kappa shape index (κ1) is 21.7. The molecule has 0 spiro atoms. The lowest BCUT2D eigenvalue weighted by atomic mass is 10.0. The molecule has 158 valence electrons. The molecule has 2 aromatic carbocycles. The zero-order chi connectivity index (χ0) is 21.8. The summed E-state index contributed by atoms with van der Waals surface area (Å²) >= 11 is 0. The molecule has 0 radical (unpaired) electrons. The lowest BCUT2D eigenvalue weighted by molar-refractivity contribution is -0.139. The fraction of sp³-hybridized carbons (Fsp3) is 0.292. The van der Waals surface area contributed by atoms with E-state index in [4.69, 9.17) is 5.11 Å². The second-order valence-corrected chi connectivity index (χ2v) is 7.63. The highest BCUT2D eigenvalue weighted by atomic mass is 19.1. The fourth-order valence-electron chi connectivity index (χ4n) is 3.79. The molecule has 0 aliphatic carbocycles. The molecule has 0 saturated carbocycles. The van der Waals surface area contributed by atoms with E-state index < -0.39 is 24.6 Å². The number of benzene rings is 2. The van der Waals surface area contributed by atoms with Crippen molar-refractivity contribution < 1.29 is 24.5 Å². The lowest BCUT2D eigenvalue weighted by Gasteiger charge is -2.15. The van der Waals surface area contributed by atoms with Crippen molar-refractivity contribution in [1.82, 2.24) is 4.57 Å². The molecule has 1 heterocycles. The summed E-state index contributed by atoms with van der Waals surface area (Å²) in [7, 11) is 0. The van der Waals surface area contributed by atoms with Crippen LogP contribution in [0.5, 0.6) is 0 Å². The molecule has 0 fully saturated rings. The standard InChI is InChI=1S/C24H26FNO4/c1-15(2)26-21-10-6-4-8-19(21)24(18-7-3-5-9-20(18)25)22(26)12-11-16(27)13-17(28)14-23(29)30/h3-12,15-17,27-28H,13-14H2,1-2H3,(H,29,30)/t16-,17-/m0/s1. The first-order valence-electron chi connectivity index (χ1n) is 9.93. The number of carbonyl (C=O) groups is 1. The average molecular weight is 411 g/mol. The van der Waals surface area contributed by atoms with Crippen LogP contribution in [0.4, 0.5) is 4.39 Å². The number of aliphatic carboxylic acids is 1. The zero-order valence-electron chi connectivity index (χ0n) is 17.0. The number of hydrogen-bond donors (Lipinski definition) is 3. The van der Waals surface area contributed by atoms with Gasteiger partial charge in [0.25, 0.3) is 0 Å². The van der Waals surface area contributed by atoms with E-state index in [-0.39, 0.29) is 18.3 Å².